The Kier molecular flexibility index (Phi) is 4.14. The van der Waals surface area contributed by atoms with Crippen LogP contribution in [0.15, 0.2) is 21.3 Å². The molecular weight excluding hydrogens is 322 g/mol. The van der Waals surface area contributed by atoms with Gasteiger partial charge in [-0.1, -0.05) is 0 Å². The molecule has 90 valence electrons. The number of nitrogens with one attached hydrogen (secondary N) is 1. The predicted octanol–water partition coefficient (Wildman–Crippen LogP) is 2.52. The third-order valence-corrected chi connectivity index (χ3v) is 4.40. The van der Waals surface area contributed by atoms with Crippen LogP contribution in [-0.2, 0) is 6.42 Å². The molecule has 0 atom stereocenters. The molecule has 2 rings (SSSR count). The lowest BCUT2D eigenvalue weighted by Crippen LogP contribution is -2.25. The van der Waals surface area contributed by atoms with Gasteiger partial charge in [-0.25, -0.2) is 4.98 Å². The number of hydrogen-bond donors (Lipinski definition) is 2. The molecule has 2 heterocycles. The first-order valence-corrected chi connectivity index (χ1v) is 7.37. The van der Waals surface area contributed by atoms with Gasteiger partial charge in [-0.3, -0.25) is 4.79 Å². The monoisotopic (exact) mass is 331 g/mol. The highest BCUT2D eigenvalue weighted by Gasteiger charge is 2.08. The van der Waals surface area contributed by atoms with Crippen LogP contribution in [0.1, 0.15) is 15.4 Å². The topological polar surface area (TPSA) is 68.0 Å². The van der Waals surface area contributed by atoms with Crippen LogP contribution < -0.4 is 11.1 Å². The Bertz CT molecular complexity index is 523. The van der Waals surface area contributed by atoms with Crippen molar-refractivity contribution < 1.29 is 4.79 Å². The molecule has 0 spiro atoms. The van der Waals surface area contributed by atoms with Gasteiger partial charge in [-0.05, 0) is 34.5 Å². The van der Waals surface area contributed by atoms with Crippen molar-refractivity contribution in [2.24, 2.45) is 0 Å². The predicted molar refractivity (Wildman–Crippen MR) is 74.6 cm³/mol. The average Bonchev–Trinajstić information content (AvgIpc) is 2.88. The molecule has 0 unspecified atom stereocenters. The number of anilines is 1. The fourth-order valence-corrected chi connectivity index (χ4v) is 3.29. The van der Waals surface area contributed by atoms with Crippen molar-refractivity contribution in [3.05, 3.63) is 31.9 Å². The van der Waals surface area contributed by atoms with E-state index < -0.39 is 0 Å². The summed E-state index contributed by atoms with van der Waals surface area (Å²) in [6, 6.07) is 4.05. The van der Waals surface area contributed by atoms with Gasteiger partial charge in [0.1, 0.15) is 5.69 Å². The van der Waals surface area contributed by atoms with Gasteiger partial charge in [0.05, 0.1) is 3.79 Å². The Morgan fingerprint density at radius 2 is 2.35 bits per heavy atom. The highest BCUT2D eigenvalue weighted by molar-refractivity contribution is 9.11. The summed E-state index contributed by atoms with van der Waals surface area (Å²) in [6.07, 6.45) is 0.821. The van der Waals surface area contributed by atoms with Crippen molar-refractivity contribution in [2.45, 2.75) is 6.42 Å². The smallest absolute Gasteiger partial charge is 0.270 e. The van der Waals surface area contributed by atoms with Gasteiger partial charge in [0.15, 0.2) is 5.13 Å². The molecule has 2 aromatic rings. The Balaban J connectivity index is 1.81. The first-order chi connectivity index (χ1) is 8.15. The zero-order chi connectivity index (χ0) is 12.3. The molecule has 0 saturated heterocycles. The van der Waals surface area contributed by atoms with Crippen LogP contribution in [0.2, 0.25) is 0 Å². The van der Waals surface area contributed by atoms with Gasteiger partial charge in [0.2, 0.25) is 0 Å². The van der Waals surface area contributed by atoms with E-state index >= 15 is 0 Å². The Morgan fingerprint density at radius 1 is 1.53 bits per heavy atom. The minimum absolute atomic E-state index is 0.173. The minimum Gasteiger partial charge on any atom is -0.375 e. The van der Waals surface area contributed by atoms with Crippen LogP contribution in [-0.4, -0.2) is 17.4 Å². The molecule has 0 radical (unpaired) electrons. The van der Waals surface area contributed by atoms with Crippen LogP contribution in [0, 0.1) is 0 Å². The van der Waals surface area contributed by atoms with Crippen molar-refractivity contribution in [1.82, 2.24) is 10.3 Å². The number of halogens is 1. The second-order valence-corrected chi connectivity index (χ2v) is 6.72. The number of nitrogens with two attached hydrogens (primary N) is 1. The molecule has 0 saturated carbocycles. The zero-order valence-corrected chi connectivity index (χ0v) is 12.0. The van der Waals surface area contributed by atoms with Gasteiger partial charge in [0, 0.05) is 16.8 Å². The molecule has 2 aromatic heterocycles. The Hall–Kier alpha value is -0.920. The average molecular weight is 332 g/mol. The van der Waals surface area contributed by atoms with E-state index in [0.717, 1.165) is 10.2 Å². The first kappa shape index (κ1) is 12.5. The highest BCUT2D eigenvalue weighted by atomic mass is 79.9. The summed E-state index contributed by atoms with van der Waals surface area (Å²) in [4.78, 5) is 16.8. The van der Waals surface area contributed by atoms with E-state index in [9.17, 15) is 4.79 Å². The van der Waals surface area contributed by atoms with Crippen molar-refractivity contribution in [2.75, 3.05) is 12.3 Å². The second kappa shape index (κ2) is 5.61. The summed E-state index contributed by atoms with van der Waals surface area (Å²) in [5.41, 5.74) is 5.85. The maximum Gasteiger partial charge on any atom is 0.270 e. The third kappa shape index (κ3) is 3.52. The van der Waals surface area contributed by atoms with E-state index in [2.05, 4.69) is 26.2 Å². The maximum atomic E-state index is 11.6. The molecule has 3 N–H and O–H groups in total. The van der Waals surface area contributed by atoms with Gasteiger partial charge < -0.3 is 11.1 Å². The number of carbonyl (C=O) groups is 1. The van der Waals surface area contributed by atoms with E-state index in [0.29, 0.717) is 17.4 Å². The molecule has 0 aliphatic rings. The lowest BCUT2D eigenvalue weighted by Gasteiger charge is -2.01. The standard InChI is InChI=1S/C10H10BrN3OS2/c11-8-2-1-6(17-8)3-4-13-9(15)7-5-16-10(12)14-7/h1-2,5H,3-4H2,(H2,12,14)(H,13,15). The zero-order valence-electron chi connectivity index (χ0n) is 8.77. The maximum absolute atomic E-state index is 11.6. The summed E-state index contributed by atoms with van der Waals surface area (Å²) < 4.78 is 1.10. The molecule has 7 heteroatoms. The van der Waals surface area contributed by atoms with E-state index in [1.54, 1.807) is 16.7 Å². The molecule has 1 amide bonds. The van der Waals surface area contributed by atoms with E-state index in [1.165, 1.54) is 16.2 Å². The highest BCUT2D eigenvalue weighted by Crippen LogP contribution is 2.22. The Morgan fingerprint density at radius 3 is 2.94 bits per heavy atom. The third-order valence-electron chi connectivity index (χ3n) is 2.04. The van der Waals surface area contributed by atoms with Crippen LogP contribution in [0.25, 0.3) is 0 Å². The minimum atomic E-state index is -0.173. The first-order valence-electron chi connectivity index (χ1n) is 4.88. The van der Waals surface area contributed by atoms with E-state index in [-0.39, 0.29) is 5.91 Å². The normalized spacial score (nSPS) is 10.4. The molecule has 4 nitrogen and oxygen atoms in total. The van der Waals surface area contributed by atoms with Gasteiger partial charge >= 0.3 is 0 Å². The molecule has 0 fully saturated rings. The van der Waals surface area contributed by atoms with E-state index in [1.807, 2.05) is 12.1 Å². The van der Waals surface area contributed by atoms with Crippen LogP contribution in [0.3, 0.4) is 0 Å². The SMILES string of the molecule is Nc1nc(C(=O)NCCc2ccc(Br)s2)cs1. The number of thiazole rings is 1. The van der Waals surface area contributed by atoms with Crippen LogP contribution in [0.4, 0.5) is 5.13 Å². The molecular formula is C10H10BrN3OS2. The van der Waals surface area contributed by atoms with Crippen molar-refractivity contribution in [1.29, 1.82) is 0 Å². The molecule has 0 aliphatic heterocycles. The summed E-state index contributed by atoms with van der Waals surface area (Å²) in [7, 11) is 0. The lowest BCUT2D eigenvalue weighted by atomic mass is 10.3. The summed E-state index contributed by atoms with van der Waals surface area (Å²) in [6.45, 7) is 0.600. The number of rotatable bonds is 4. The number of thiophene rings is 1. The molecule has 0 bridgehead atoms. The van der Waals surface area contributed by atoms with Crippen LogP contribution in [0.5, 0.6) is 0 Å². The fraction of sp³-hybridized carbons (Fsp3) is 0.200. The number of amides is 1. The number of carbonyl (C=O) groups excluding carboxylic acids is 1. The van der Waals surface area contributed by atoms with Gasteiger partial charge in [0.25, 0.3) is 5.91 Å². The molecule has 0 aromatic carbocycles. The number of hydrogen-bond acceptors (Lipinski definition) is 5. The van der Waals surface area contributed by atoms with Gasteiger partial charge in [-0.15, -0.1) is 22.7 Å². The lowest BCUT2D eigenvalue weighted by molar-refractivity contribution is 0.0950. The molecule has 17 heavy (non-hydrogen) atoms. The number of aromatic nitrogens is 1. The summed E-state index contributed by atoms with van der Waals surface area (Å²) >= 11 is 6.34. The van der Waals surface area contributed by atoms with Gasteiger partial charge in [-0.2, -0.15) is 0 Å². The van der Waals surface area contributed by atoms with E-state index in [4.69, 9.17) is 5.73 Å². The number of nitrogen functional groups attached to an aromatic ring is 1. The quantitative estimate of drug-likeness (QED) is 0.904. The second-order valence-electron chi connectivity index (χ2n) is 3.28. The Labute approximate surface area is 115 Å². The van der Waals surface area contributed by atoms with Crippen LogP contribution >= 0.6 is 38.6 Å². The fourth-order valence-electron chi connectivity index (χ4n) is 1.27. The molecule has 0 aliphatic carbocycles. The van der Waals surface area contributed by atoms with Crippen molar-refractivity contribution in [3.63, 3.8) is 0 Å². The van der Waals surface area contributed by atoms with Crippen molar-refractivity contribution >= 4 is 49.6 Å². The van der Waals surface area contributed by atoms with Crippen molar-refractivity contribution in [3.8, 4) is 0 Å². The summed E-state index contributed by atoms with van der Waals surface area (Å²) in [5, 5.41) is 4.88. The number of nitrogens with zero attached hydrogens (tertiary/aromatic N) is 1. The summed E-state index contributed by atoms with van der Waals surface area (Å²) in [5.74, 6) is -0.173. The largest absolute Gasteiger partial charge is 0.375 e.